The molecular formula is C18H18N4O3. The number of nitrogens with one attached hydrogen (secondary N) is 2. The normalized spacial score (nSPS) is 13.6. The second kappa shape index (κ2) is 7.57. The Bertz CT molecular complexity index is 792. The van der Waals surface area contributed by atoms with Crippen LogP contribution < -0.4 is 10.9 Å². The quantitative estimate of drug-likeness (QED) is 0.822. The zero-order valence-corrected chi connectivity index (χ0v) is 13.6. The van der Waals surface area contributed by atoms with Gasteiger partial charge in [-0.2, -0.15) is 0 Å². The number of benzene rings is 1. The summed E-state index contributed by atoms with van der Waals surface area (Å²) < 4.78 is 0. The molecule has 1 aromatic heterocycles. The highest BCUT2D eigenvalue weighted by Gasteiger charge is 2.20. The Hall–Kier alpha value is -3.22. The summed E-state index contributed by atoms with van der Waals surface area (Å²) in [7, 11) is 0. The Morgan fingerprint density at radius 2 is 1.92 bits per heavy atom. The van der Waals surface area contributed by atoms with Crippen molar-refractivity contribution in [2.75, 3.05) is 6.54 Å². The van der Waals surface area contributed by atoms with Crippen molar-refractivity contribution >= 4 is 17.7 Å². The molecule has 1 aromatic carbocycles. The van der Waals surface area contributed by atoms with Crippen molar-refractivity contribution in [3.05, 3.63) is 65.5 Å². The van der Waals surface area contributed by atoms with Crippen molar-refractivity contribution in [1.82, 2.24) is 20.7 Å². The number of carbonyl (C=O) groups excluding carboxylic acids is 3. The topological polar surface area (TPSA) is 91.4 Å². The van der Waals surface area contributed by atoms with E-state index >= 15 is 0 Å². The third-order valence-electron chi connectivity index (χ3n) is 3.92. The number of aromatic nitrogens is 1. The van der Waals surface area contributed by atoms with Gasteiger partial charge in [0.25, 0.3) is 11.8 Å². The van der Waals surface area contributed by atoms with E-state index < -0.39 is 11.8 Å². The summed E-state index contributed by atoms with van der Waals surface area (Å²) in [6.07, 6.45) is 2.96. The molecule has 25 heavy (non-hydrogen) atoms. The van der Waals surface area contributed by atoms with Gasteiger partial charge in [-0.25, -0.2) is 0 Å². The zero-order valence-electron chi connectivity index (χ0n) is 13.6. The average molecular weight is 338 g/mol. The Kier molecular flexibility index (Phi) is 5.03. The lowest BCUT2D eigenvalue weighted by molar-refractivity contribution is -0.128. The number of rotatable bonds is 4. The number of hydrogen-bond acceptors (Lipinski definition) is 4. The third kappa shape index (κ3) is 4.20. The highest BCUT2D eigenvalue weighted by atomic mass is 16.2. The van der Waals surface area contributed by atoms with Crippen molar-refractivity contribution in [1.29, 1.82) is 0 Å². The lowest BCUT2D eigenvalue weighted by atomic mass is 10.1. The molecule has 2 aromatic rings. The average Bonchev–Trinajstić information content (AvgIpc) is 3.05. The fourth-order valence-corrected chi connectivity index (χ4v) is 2.65. The number of likely N-dealkylation sites (tertiary alicyclic amines) is 1. The summed E-state index contributed by atoms with van der Waals surface area (Å²) in [5, 5.41) is 0. The maximum absolute atomic E-state index is 12.2. The van der Waals surface area contributed by atoms with Crippen molar-refractivity contribution in [2.24, 2.45) is 0 Å². The minimum absolute atomic E-state index is 0.137. The van der Waals surface area contributed by atoms with Gasteiger partial charge in [-0.05, 0) is 36.2 Å². The van der Waals surface area contributed by atoms with Gasteiger partial charge in [0.2, 0.25) is 5.91 Å². The highest BCUT2D eigenvalue weighted by molar-refractivity contribution is 5.98. The zero-order chi connectivity index (χ0) is 17.6. The number of hydrazine groups is 1. The molecule has 2 N–H and O–H groups in total. The molecule has 7 heteroatoms. The molecule has 0 unspecified atom stereocenters. The van der Waals surface area contributed by atoms with E-state index in [1.54, 1.807) is 41.3 Å². The van der Waals surface area contributed by atoms with Crippen molar-refractivity contribution in [3.63, 3.8) is 0 Å². The maximum atomic E-state index is 12.2. The largest absolute Gasteiger partial charge is 0.338 e. The molecule has 3 amide bonds. The number of carbonyl (C=O) groups is 3. The van der Waals surface area contributed by atoms with Crippen molar-refractivity contribution in [2.45, 2.75) is 19.4 Å². The fourth-order valence-electron chi connectivity index (χ4n) is 2.65. The Morgan fingerprint density at radius 1 is 1.08 bits per heavy atom. The molecule has 1 fully saturated rings. The minimum Gasteiger partial charge on any atom is -0.338 e. The van der Waals surface area contributed by atoms with Crippen LogP contribution in [-0.4, -0.2) is 34.2 Å². The summed E-state index contributed by atoms with van der Waals surface area (Å²) in [5.41, 5.74) is 6.19. The van der Waals surface area contributed by atoms with Crippen LogP contribution in [0.4, 0.5) is 0 Å². The number of nitrogens with zero attached hydrogens (tertiary/aromatic N) is 2. The van der Waals surface area contributed by atoms with E-state index in [1.807, 2.05) is 6.07 Å². The molecule has 1 aliphatic heterocycles. The molecular weight excluding hydrogens is 320 g/mol. The van der Waals surface area contributed by atoms with E-state index in [0.29, 0.717) is 18.5 Å². The predicted octanol–water partition coefficient (Wildman–Crippen LogP) is 1.28. The van der Waals surface area contributed by atoms with Gasteiger partial charge in [0.15, 0.2) is 0 Å². The third-order valence-corrected chi connectivity index (χ3v) is 3.92. The van der Waals surface area contributed by atoms with E-state index in [-0.39, 0.29) is 11.6 Å². The smallest absolute Gasteiger partial charge is 0.288 e. The first-order chi connectivity index (χ1) is 12.1. The minimum atomic E-state index is -0.493. The monoisotopic (exact) mass is 338 g/mol. The van der Waals surface area contributed by atoms with Gasteiger partial charge in [0.1, 0.15) is 5.69 Å². The van der Waals surface area contributed by atoms with Gasteiger partial charge >= 0.3 is 0 Å². The molecule has 0 aliphatic carbocycles. The van der Waals surface area contributed by atoms with Crippen LogP contribution >= 0.6 is 0 Å². The lowest BCUT2D eigenvalue weighted by Crippen LogP contribution is -2.42. The second-order valence-electron chi connectivity index (χ2n) is 5.74. The molecule has 0 atom stereocenters. The van der Waals surface area contributed by atoms with Crippen LogP contribution in [0.3, 0.4) is 0 Å². The van der Waals surface area contributed by atoms with Crippen LogP contribution in [0.2, 0.25) is 0 Å². The molecule has 0 spiro atoms. The fraction of sp³-hybridized carbons (Fsp3) is 0.222. The van der Waals surface area contributed by atoms with Crippen LogP contribution in [0.25, 0.3) is 0 Å². The summed E-state index contributed by atoms with van der Waals surface area (Å²) >= 11 is 0. The van der Waals surface area contributed by atoms with Crippen LogP contribution in [0.5, 0.6) is 0 Å². The van der Waals surface area contributed by atoms with E-state index in [2.05, 4.69) is 15.8 Å². The Balaban J connectivity index is 1.59. The first-order valence-corrected chi connectivity index (χ1v) is 8.02. The molecule has 1 saturated heterocycles. The molecule has 0 saturated carbocycles. The van der Waals surface area contributed by atoms with Crippen LogP contribution in [0.15, 0.2) is 48.7 Å². The lowest BCUT2D eigenvalue weighted by Gasteiger charge is -2.16. The maximum Gasteiger partial charge on any atom is 0.288 e. The van der Waals surface area contributed by atoms with E-state index in [9.17, 15) is 14.4 Å². The molecule has 3 rings (SSSR count). The molecule has 1 aliphatic rings. The molecule has 0 radical (unpaired) electrons. The van der Waals surface area contributed by atoms with E-state index in [4.69, 9.17) is 0 Å². The summed E-state index contributed by atoms with van der Waals surface area (Å²) in [5.74, 6) is -0.788. The highest BCUT2D eigenvalue weighted by Crippen LogP contribution is 2.15. The summed E-state index contributed by atoms with van der Waals surface area (Å²) in [6, 6.07) is 11.9. The first kappa shape index (κ1) is 16.6. The van der Waals surface area contributed by atoms with Gasteiger partial charge in [-0.1, -0.05) is 18.2 Å². The van der Waals surface area contributed by atoms with Crippen LogP contribution in [0, 0.1) is 0 Å². The Labute approximate surface area is 145 Å². The SMILES string of the molecule is O=C(NNC(=O)c1ccccn1)c1cccc(CN2CCCC2=O)c1. The summed E-state index contributed by atoms with van der Waals surface area (Å²) in [6.45, 7) is 1.23. The van der Waals surface area contributed by atoms with Crippen LogP contribution in [-0.2, 0) is 11.3 Å². The molecule has 7 nitrogen and oxygen atoms in total. The van der Waals surface area contributed by atoms with Crippen molar-refractivity contribution < 1.29 is 14.4 Å². The standard InChI is InChI=1S/C18H18N4O3/c23-16-8-4-10-22(16)12-13-5-3-6-14(11-13)17(24)20-21-18(25)15-7-1-2-9-19-15/h1-3,5-7,9,11H,4,8,10,12H2,(H,20,24)(H,21,25). The molecule has 2 heterocycles. The number of amides is 3. The van der Waals surface area contributed by atoms with Gasteiger partial charge < -0.3 is 4.90 Å². The van der Waals surface area contributed by atoms with Gasteiger partial charge in [-0.15, -0.1) is 0 Å². The summed E-state index contributed by atoms with van der Waals surface area (Å²) in [4.78, 5) is 41.5. The van der Waals surface area contributed by atoms with Crippen LogP contribution in [0.1, 0.15) is 39.3 Å². The van der Waals surface area contributed by atoms with E-state index in [0.717, 1.165) is 18.5 Å². The number of hydrogen-bond donors (Lipinski definition) is 2. The Morgan fingerprint density at radius 3 is 2.64 bits per heavy atom. The first-order valence-electron chi connectivity index (χ1n) is 8.02. The second-order valence-corrected chi connectivity index (χ2v) is 5.74. The van der Waals surface area contributed by atoms with Gasteiger partial charge in [0, 0.05) is 31.3 Å². The van der Waals surface area contributed by atoms with E-state index in [1.165, 1.54) is 6.20 Å². The molecule has 128 valence electrons. The van der Waals surface area contributed by atoms with Gasteiger partial charge in [0.05, 0.1) is 0 Å². The van der Waals surface area contributed by atoms with Gasteiger partial charge in [-0.3, -0.25) is 30.2 Å². The molecule has 0 bridgehead atoms. The predicted molar refractivity (Wildman–Crippen MR) is 90.3 cm³/mol. The number of pyridine rings is 1. The van der Waals surface area contributed by atoms with Crippen molar-refractivity contribution in [3.8, 4) is 0 Å².